The van der Waals surface area contributed by atoms with Crippen LogP contribution in [0.1, 0.15) is 12.8 Å². The molecule has 2 rings (SSSR count). The molecule has 1 aliphatic heterocycles. The molecule has 0 aliphatic carbocycles. The highest BCUT2D eigenvalue weighted by molar-refractivity contribution is 5.53. The van der Waals surface area contributed by atoms with Crippen LogP contribution in [0, 0.1) is 17.0 Å². The highest BCUT2D eigenvalue weighted by Crippen LogP contribution is 2.33. The summed E-state index contributed by atoms with van der Waals surface area (Å²) in [5, 5.41) is 0. The van der Waals surface area contributed by atoms with Crippen molar-refractivity contribution < 1.29 is 18.3 Å². The fraction of sp³-hybridized carbons (Fsp3) is 0.538. The maximum Gasteiger partial charge on any atom is 0.202 e. The first kappa shape index (κ1) is 14.0. The molecule has 6 heteroatoms. The summed E-state index contributed by atoms with van der Waals surface area (Å²) in [5.74, 6) is -2.27. The van der Waals surface area contributed by atoms with Crippen LogP contribution in [0.25, 0.3) is 0 Å². The minimum atomic E-state index is -1.06. The molecule has 4 N–H and O–H groups in total. The van der Waals surface area contributed by atoms with Gasteiger partial charge in [0.1, 0.15) is 0 Å². The predicted molar refractivity (Wildman–Crippen MR) is 67.8 cm³/mol. The normalized spacial score (nSPS) is 18.3. The van der Waals surface area contributed by atoms with Crippen molar-refractivity contribution >= 4 is 5.69 Å². The highest BCUT2D eigenvalue weighted by Gasteiger charge is 2.32. The van der Waals surface area contributed by atoms with Gasteiger partial charge in [0.05, 0.1) is 12.3 Å². The number of ether oxygens (including phenoxy) is 2. The molecule has 1 aromatic carbocycles. The summed E-state index contributed by atoms with van der Waals surface area (Å²) in [6.45, 7) is 1.81. The molecule has 106 valence electrons. The average Bonchev–Trinajstić information content (AvgIpc) is 2.44. The second-order valence-electron chi connectivity index (χ2n) is 4.88. The van der Waals surface area contributed by atoms with Crippen LogP contribution in [-0.4, -0.2) is 26.4 Å². The number of anilines is 1. The quantitative estimate of drug-likeness (QED) is 0.818. The van der Waals surface area contributed by atoms with Crippen molar-refractivity contribution in [1.82, 2.24) is 0 Å². The van der Waals surface area contributed by atoms with Gasteiger partial charge in [-0.15, -0.1) is 0 Å². The molecular weight excluding hydrogens is 254 g/mol. The number of benzene rings is 1. The van der Waals surface area contributed by atoms with E-state index in [-0.39, 0.29) is 23.5 Å². The summed E-state index contributed by atoms with van der Waals surface area (Å²) >= 11 is 0. The Morgan fingerprint density at radius 2 is 1.95 bits per heavy atom. The summed E-state index contributed by atoms with van der Waals surface area (Å²) in [7, 11) is 0. The minimum Gasteiger partial charge on any atom is -0.488 e. The van der Waals surface area contributed by atoms with Gasteiger partial charge in [0.2, 0.25) is 5.82 Å². The Labute approximate surface area is 110 Å². The molecule has 1 heterocycles. The lowest BCUT2D eigenvalue weighted by atomic mass is 9.81. The maximum atomic E-state index is 13.6. The van der Waals surface area contributed by atoms with Crippen LogP contribution < -0.4 is 16.2 Å². The summed E-state index contributed by atoms with van der Waals surface area (Å²) in [5.41, 5.74) is 11.2. The van der Waals surface area contributed by atoms with Crippen LogP contribution in [0.3, 0.4) is 0 Å². The van der Waals surface area contributed by atoms with Gasteiger partial charge in [-0.3, -0.25) is 0 Å². The first-order chi connectivity index (χ1) is 9.08. The molecule has 1 aromatic rings. The molecule has 4 nitrogen and oxygen atoms in total. The SMILES string of the molecule is NCC1(COc2c(N)ccc(F)c2F)CCOCC1. The minimum absolute atomic E-state index is 0.0816. The Morgan fingerprint density at radius 3 is 2.58 bits per heavy atom. The molecule has 0 radical (unpaired) electrons. The Bertz CT molecular complexity index is 449. The average molecular weight is 272 g/mol. The molecule has 0 bridgehead atoms. The van der Waals surface area contributed by atoms with Gasteiger partial charge in [0.25, 0.3) is 0 Å². The van der Waals surface area contributed by atoms with Gasteiger partial charge in [-0.25, -0.2) is 4.39 Å². The van der Waals surface area contributed by atoms with E-state index in [1.165, 1.54) is 6.07 Å². The van der Waals surface area contributed by atoms with Crippen LogP contribution >= 0.6 is 0 Å². The molecule has 19 heavy (non-hydrogen) atoms. The smallest absolute Gasteiger partial charge is 0.202 e. The molecule has 0 unspecified atom stereocenters. The van der Waals surface area contributed by atoms with E-state index < -0.39 is 11.6 Å². The summed E-state index contributed by atoms with van der Waals surface area (Å²) in [4.78, 5) is 0. The topological polar surface area (TPSA) is 70.5 Å². The van der Waals surface area contributed by atoms with Gasteiger partial charge in [-0.1, -0.05) is 0 Å². The Balaban J connectivity index is 2.11. The zero-order chi connectivity index (χ0) is 13.9. The van der Waals surface area contributed by atoms with Gasteiger partial charge in [0.15, 0.2) is 11.6 Å². The maximum absolute atomic E-state index is 13.6. The van der Waals surface area contributed by atoms with E-state index in [9.17, 15) is 8.78 Å². The van der Waals surface area contributed by atoms with Crippen molar-refractivity contribution in [3.63, 3.8) is 0 Å². The second-order valence-corrected chi connectivity index (χ2v) is 4.88. The molecule has 0 aromatic heterocycles. The van der Waals surface area contributed by atoms with Crippen LogP contribution in [-0.2, 0) is 4.74 Å². The van der Waals surface area contributed by atoms with E-state index in [4.69, 9.17) is 20.9 Å². The first-order valence-corrected chi connectivity index (χ1v) is 6.22. The highest BCUT2D eigenvalue weighted by atomic mass is 19.2. The molecule has 1 aliphatic rings. The fourth-order valence-electron chi connectivity index (χ4n) is 2.13. The van der Waals surface area contributed by atoms with Crippen LogP contribution in [0.4, 0.5) is 14.5 Å². The summed E-state index contributed by atoms with van der Waals surface area (Å²) < 4.78 is 37.4. The molecule has 1 saturated heterocycles. The second kappa shape index (κ2) is 5.71. The van der Waals surface area contributed by atoms with Crippen molar-refractivity contribution in [1.29, 1.82) is 0 Å². The fourth-order valence-corrected chi connectivity index (χ4v) is 2.13. The lowest BCUT2D eigenvalue weighted by Crippen LogP contribution is -2.41. The van der Waals surface area contributed by atoms with E-state index in [2.05, 4.69) is 0 Å². The van der Waals surface area contributed by atoms with Crippen molar-refractivity contribution in [2.24, 2.45) is 11.1 Å². The largest absolute Gasteiger partial charge is 0.488 e. The van der Waals surface area contributed by atoms with E-state index in [1.54, 1.807) is 0 Å². The summed E-state index contributed by atoms with van der Waals surface area (Å²) in [6.07, 6.45) is 1.47. The van der Waals surface area contributed by atoms with Gasteiger partial charge in [0, 0.05) is 25.2 Å². The molecule has 0 spiro atoms. The lowest BCUT2D eigenvalue weighted by Gasteiger charge is -2.35. The third kappa shape index (κ3) is 2.96. The number of rotatable bonds is 4. The zero-order valence-corrected chi connectivity index (χ0v) is 10.6. The number of nitrogens with two attached hydrogens (primary N) is 2. The number of nitrogen functional groups attached to an aromatic ring is 1. The third-order valence-corrected chi connectivity index (χ3v) is 3.59. The van der Waals surface area contributed by atoms with E-state index >= 15 is 0 Å². The third-order valence-electron chi connectivity index (χ3n) is 3.59. The monoisotopic (exact) mass is 272 g/mol. The van der Waals surface area contributed by atoms with Crippen LogP contribution in [0.2, 0.25) is 0 Å². The Hall–Kier alpha value is -1.40. The molecule has 0 atom stereocenters. The van der Waals surface area contributed by atoms with Crippen LogP contribution in [0.5, 0.6) is 5.75 Å². The standard InChI is InChI=1S/C13H18F2N2O2/c14-9-1-2-10(17)12(11(9)15)19-8-13(7-16)3-5-18-6-4-13/h1-2H,3-8,16-17H2. The van der Waals surface area contributed by atoms with E-state index in [1.807, 2.05) is 0 Å². The molecule has 0 saturated carbocycles. The number of hydrogen-bond acceptors (Lipinski definition) is 4. The molecule has 0 amide bonds. The van der Waals surface area contributed by atoms with Gasteiger partial charge in [-0.05, 0) is 25.0 Å². The van der Waals surface area contributed by atoms with Gasteiger partial charge >= 0.3 is 0 Å². The van der Waals surface area contributed by atoms with Crippen molar-refractivity contribution in [2.75, 3.05) is 32.1 Å². The van der Waals surface area contributed by atoms with Crippen molar-refractivity contribution in [3.8, 4) is 5.75 Å². The molecular formula is C13H18F2N2O2. The van der Waals surface area contributed by atoms with Crippen molar-refractivity contribution in [2.45, 2.75) is 12.8 Å². The van der Waals surface area contributed by atoms with E-state index in [0.717, 1.165) is 18.9 Å². The Morgan fingerprint density at radius 1 is 1.26 bits per heavy atom. The lowest BCUT2D eigenvalue weighted by molar-refractivity contribution is -0.00558. The number of halogens is 2. The van der Waals surface area contributed by atoms with Gasteiger partial charge < -0.3 is 20.9 Å². The van der Waals surface area contributed by atoms with Crippen LogP contribution in [0.15, 0.2) is 12.1 Å². The Kier molecular flexibility index (Phi) is 4.21. The zero-order valence-electron chi connectivity index (χ0n) is 10.6. The van der Waals surface area contributed by atoms with Crippen molar-refractivity contribution in [3.05, 3.63) is 23.8 Å². The first-order valence-electron chi connectivity index (χ1n) is 6.22. The number of hydrogen-bond donors (Lipinski definition) is 2. The summed E-state index contributed by atoms with van der Waals surface area (Å²) in [6, 6.07) is 2.26. The van der Waals surface area contributed by atoms with Gasteiger partial charge in [-0.2, -0.15) is 4.39 Å². The van der Waals surface area contributed by atoms with E-state index in [0.29, 0.717) is 19.8 Å². The molecule has 1 fully saturated rings. The predicted octanol–water partition coefficient (Wildman–Crippen LogP) is 1.68.